The maximum atomic E-state index is 13.7. The van der Waals surface area contributed by atoms with Crippen LogP contribution in [0.15, 0.2) is 48.6 Å². The smallest absolute Gasteiger partial charge is 0.315 e. The monoisotopic (exact) mass is 692 g/mol. The van der Waals surface area contributed by atoms with Gasteiger partial charge in [0.15, 0.2) is 0 Å². The molecule has 2 aliphatic carbocycles. The van der Waals surface area contributed by atoms with E-state index < -0.39 is 47.8 Å². The molecule has 1 spiro atoms. The zero-order valence-corrected chi connectivity index (χ0v) is 29.8. The number of aryl methyl sites for hydroxylation is 1. The second-order valence-corrected chi connectivity index (χ2v) is 16.1. The molecule has 264 valence electrons. The number of hydrogen-bond donors (Lipinski definition) is 2. The van der Waals surface area contributed by atoms with Crippen LogP contribution < -0.4 is 9.64 Å². The summed E-state index contributed by atoms with van der Waals surface area (Å²) < 4.78 is 12.3. The lowest BCUT2D eigenvalue weighted by Gasteiger charge is -2.45. The Balaban J connectivity index is 1.49. The lowest BCUT2D eigenvalue weighted by atomic mass is 9.68. The summed E-state index contributed by atoms with van der Waals surface area (Å²) in [5.41, 5.74) is 0.464. The summed E-state index contributed by atoms with van der Waals surface area (Å²) in [7, 11) is 1.64. The van der Waals surface area contributed by atoms with Crippen LogP contribution >= 0.6 is 11.6 Å². The summed E-state index contributed by atoms with van der Waals surface area (Å²) >= 11 is 6.44. The van der Waals surface area contributed by atoms with Crippen LogP contribution in [0.5, 0.6) is 5.75 Å². The quantitative estimate of drug-likeness (QED) is 0.295. The van der Waals surface area contributed by atoms with Crippen LogP contribution in [0.3, 0.4) is 0 Å². The number of carboxylic acids is 1. The number of fused-ring (bicyclic) bond motifs is 4. The van der Waals surface area contributed by atoms with E-state index in [0.717, 1.165) is 37.8 Å². The number of amides is 1. The molecule has 2 aromatic rings. The lowest BCUT2D eigenvalue weighted by molar-refractivity contribution is -0.162. The third-order valence-electron chi connectivity index (χ3n) is 11.1. The molecule has 0 aromatic heterocycles. The highest BCUT2D eigenvalue weighted by Gasteiger charge is 2.48. The van der Waals surface area contributed by atoms with Crippen molar-refractivity contribution in [1.82, 2.24) is 4.90 Å². The summed E-state index contributed by atoms with van der Waals surface area (Å²) in [5.74, 6) is -1.43. The van der Waals surface area contributed by atoms with Gasteiger partial charge in [-0.05, 0) is 112 Å². The van der Waals surface area contributed by atoms with Gasteiger partial charge in [-0.25, -0.2) is 0 Å². The molecule has 49 heavy (non-hydrogen) atoms. The Bertz CT molecular complexity index is 1640. The molecular formula is C39H49ClN2O7. The molecule has 1 saturated carbocycles. The van der Waals surface area contributed by atoms with Crippen LogP contribution in [0.25, 0.3) is 0 Å². The molecule has 6 rings (SSSR count). The van der Waals surface area contributed by atoms with Gasteiger partial charge in [-0.2, -0.15) is 0 Å². The second-order valence-electron chi connectivity index (χ2n) is 15.6. The number of rotatable bonds is 3. The average molecular weight is 693 g/mol. The van der Waals surface area contributed by atoms with Crippen molar-refractivity contribution in [2.45, 2.75) is 94.7 Å². The first-order chi connectivity index (χ1) is 23.2. The normalized spacial score (nSPS) is 29.5. The standard InChI is InChI=1S/C39H49ClN2O7/c1-37(2,3)49-35(45)21-39(36(46)47)20-34(44)41(4)17-6-5-9-32(43)29-13-10-26(29)22-42-23-38(24-48-33-15-11-27(39)19-31(33)42)16-7-8-25-18-28(40)12-14-30(25)38/h5,9,11-12,14-15,18-19,26,29,32,43H,6-8,10,13,16-17,20-24H2,1-4H3,(H,46,47)/b9-5-/t26-,29+,32-,38-,39+/m0/s1. The number of carbonyl (C=O) groups is 3. The molecule has 4 aliphatic rings. The number of carbonyl (C=O) groups excluding carboxylic acids is 2. The molecule has 10 heteroatoms. The minimum atomic E-state index is -1.88. The zero-order valence-electron chi connectivity index (χ0n) is 29.0. The maximum absolute atomic E-state index is 13.7. The number of esters is 1. The minimum Gasteiger partial charge on any atom is -0.490 e. The summed E-state index contributed by atoms with van der Waals surface area (Å²) in [5, 5.41) is 22.9. The molecule has 2 bridgehead atoms. The van der Waals surface area contributed by atoms with Crippen LogP contribution in [0.2, 0.25) is 5.02 Å². The molecule has 9 nitrogen and oxygen atoms in total. The van der Waals surface area contributed by atoms with Crippen molar-refractivity contribution in [1.29, 1.82) is 0 Å². The first-order valence-corrected chi connectivity index (χ1v) is 17.9. The van der Waals surface area contributed by atoms with Crippen molar-refractivity contribution in [3.8, 4) is 5.75 Å². The Labute approximate surface area is 294 Å². The van der Waals surface area contributed by atoms with E-state index in [1.807, 2.05) is 24.3 Å². The molecule has 1 amide bonds. The molecule has 2 N–H and O–H groups in total. The van der Waals surface area contributed by atoms with Crippen LogP contribution in [0.4, 0.5) is 5.69 Å². The third kappa shape index (κ3) is 7.20. The zero-order chi connectivity index (χ0) is 35.1. The predicted octanol–water partition coefficient (Wildman–Crippen LogP) is 6.06. The van der Waals surface area contributed by atoms with Crippen molar-refractivity contribution in [2.24, 2.45) is 11.8 Å². The van der Waals surface area contributed by atoms with Crippen molar-refractivity contribution >= 4 is 35.1 Å². The summed E-state index contributed by atoms with van der Waals surface area (Å²) in [4.78, 5) is 44.4. The Hall–Kier alpha value is -3.56. The summed E-state index contributed by atoms with van der Waals surface area (Å²) in [6.45, 7) is 7.26. The fraction of sp³-hybridized carbons (Fsp3) is 0.564. The number of aliphatic carboxylic acids is 1. The van der Waals surface area contributed by atoms with Crippen molar-refractivity contribution < 1.29 is 34.1 Å². The predicted molar refractivity (Wildman–Crippen MR) is 188 cm³/mol. The topological polar surface area (TPSA) is 117 Å². The Kier molecular flexibility index (Phi) is 9.81. The van der Waals surface area contributed by atoms with E-state index >= 15 is 0 Å². The van der Waals surface area contributed by atoms with Crippen molar-refractivity contribution in [3.05, 3.63) is 70.3 Å². The number of nitrogens with zero attached hydrogens (tertiary/aromatic N) is 2. The van der Waals surface area contributed by atoms with Gasteiger partial charge in [0.1, 0.15) is 16.8 Å². The van der Waals surface area contributed by atoms with E-state index in [0.29, 0.717) is 49.0 Å². The highest BCUT2D eigenvalue weighted by atomic mass is 35.5. The van der Waals surface area contributed by atoms with E-state index in [1.54, 1.807) is 40.0 Å². The van der Waals surface area contributed by atoms with Crippen molar-refractivity contribution in [2.75, 3.05) is 38.2 Å². The molecule has 2 aromatic carbocycles. The average Bonchev–Trinajstić information content (AvgIpc) is 3.16. The van der Waals surface area contributed by atoms with Gasteiger partial charge in [0.25, 0.3) is 0 Å². The third-order valence-corrected chi connectivity index (χ3v) is 11.3. The van der Waals surface area contributed by atoms with Gasteiger partial charge in [0, 0.05) is 43.5 Å². The number of hydrogen-bond acceptors (Lipinski definition) is 7. The highest BCUT2D eigenvalue weighted by molar-refractivity contribution is 6.30. The SMILES string of the molecule is CN1CC/C=C\[C@H](O)[C@@H]2CC[C@H]2CN2C[C@@]3(CCCc4cc(Cl)ccc43)COc3ccc(cc32)[C@@](CC(=O)OC(C)(C)C)(C(=O)O)CC1=O. The first kappa shape index (κ1) is 35.3. The molecule has 0 radical (unpaired) electrons. The first-order valence-electron chi connectivity index (χ1n) is 17.5. The fourth-order valence-electron chi connectivity index (χ4n) is 8.30. The lowest BCUT2D eigenvalue weighted by Crippen LogP contribution is -2.49. The van der Waals surface area contributed by atoms with E-state index in [4.69, 9.17) is 21.1 Å². The molecule has 2 aliphatic heterocycles. The van der Waals surface area contributed by atoms with Gasteiger partial charge < -0.3 is 29.5 Å². The number of benzene rings is 2. The van der Waals surface area contributed by atoms with Crippen LogP contribution in [0.1, 0.15) is 82.4 Å². The van der Waals surface area contributed by atoms with Gasteiger partial charge in [0.2, 0.25) is 5.91 Å². The van der Waals surface area contributed by atoms with E-state index in [2.05, 4.69) is 17.0 Å². The maximum Gasteiger partial charge on any atom is 0.315 e. The molecule has 5 atom stereocenters. The van der Waals surface area contributed by atoms with Crippen LogP contribution in [0, 0.1) is 11.8 Å². The summed E-state index contributed by atoms with van der Waals surface area (Å²) in [6.07, 6.45) is 7.44. The van der Waals surface area contributed by atoms with Gasteiger partial charge >= 0.3 is 11.9 Å². The minimum absolute atomic E-state index is 0.0815. The van der Waals surface area contributed by atoms with Gasteiger partial charge in [0.05, 0.1) is 24.8 Å². The van der Waals surface area contributed by atoms with Gasteiger partial charge in [-0.1, -0.05) is 35.9 Å². The number of carboxylic acid groups (broad SMARTS) is 1. The molecule has 2 heterocycles. The van der Waals surface area contributed by atoms with E-state index in [-0.39, 0.29) is 17.3 Å². The molecule has 0 unspecified atom stereocenters. The van der Waals surface area contributed by atoms with Crippen LogP contribution in [-0.4, -0.2) is 78.0 Å². The van der Waals surface area contributed by atoms with Crippen molar-refractivity contribution in [3.63, 3.8) is 0 Å². The molecule has 1 fully saturated rings. The number of ether oxygens (including phenoxy) is 2. The van der Waals surface area contributed by atoms with E-state index in [1.165, 1.54) is 16.0 Å². The number of halogens is 1. The molecular weight excluding hydrogens is 644 g/mol. The van der Waals surface area contributed by atoms with Gasteiger partial charge in [-0.3, -0.25) is 14.4 Å². The number of anilines is 1. The Morgan fingerprint density at radius 1 is 1.14 bits per heavy atom. The van der Waals surface area contributed by atoms with E-state index in [9.17, 15) is 24.6 Å². The second kappa shape index (κ2) is 13.6. The largest absolute Gasteiger partial charge is 0.490 e. The highest BCUT2D eigenvalue weighted by Crippen LogP contribution is 2.48. The summed E-state index contributed by atoms with van der Waals surface area (Å²) in [6, 6.07) is 11.4. The van der Waals surface area contributed by atoms with Crippen LogP contribution in [-0.2, 0) is 36.4 Å². The number of aliphatic hydroxyl groups excluding tert-OH is 1. The fourth-order valence-corrected chi connectivity index (χ4v) is 8.49. The molecule has 0 saturated heterocycles. The Morgan fingerprint density at radius 2 is 1.94 bits per heavy atom. The number of aliphatic hydroxyl groups is 1. The Morgan fingerprint density at radius 3 is 2.65 bits per heavy atom. The van der Waals surface area contributed by atoms with Gasteiger partial charge in [-0.15, -0.1) is 0 Å².